The number of amides is 1. The predicted octanol–water partition coefficient (Wildman–Crippen LogP) is 3.23. The molecule has 0 saturated heterocycles. The maximum atomic E-state index is 12.2. The van der Waals surface area contributed by atoms with Gasteiger partial charge in [-0.15, -0.1) is 11.6 Å². The Morgan fingerprint density at radius 1 is 1.32 bits per heavy atom. The van der Waals surface area contributed by atoms with E-state index in [9.17, 15) is 4.79 Å². The molecular weight excluding hydrogens is 260 g/mol. The van der Waals surface area contributed by atoms with Gasteiger partial charge in [-0.2, -0.15) is 0 Å². The molecule has 1 heterocycles. The second-order valence-electron chi connectivity index (χ2n) is 5.36. The number of nitrogens with zero attached hydrogens (tertiary/aromatic N) is 1. The van der Waals surface area contributed by atoms with E-state index < -0.39 is 0 Å². The summed E-state index contributed by atoms with van der Waals surface area (Å²) in [4.78, 5) is 16.4. The molecule has 0 aliphatic rings. The van der Waals surface area contributed by atoms with Crippen LogP contribution in [0.3, 0.4) is 0 Å². The third kappa shape index (κ3) is 3.24. The van der Waals surface area contributed by atoms with Crippen LogP contribution in [0.1, 0.15) is 24.3 Å². The minimum absolute atomic E-state index is 0.123. The van der Waals surface area contributed by atoms with Gasteiger partial charge >= 0.3 is 0 Å². The van der Waals surface area contributed by atoms with Crippen LogP contribution in [0.2, 0.25) is 0 Å². The van der Waals surface area contributed by atoms with Gasteiger partial charge in [0.15, 0.2) is 0 Å². The molecule has 0 saturated carbocycles. The van der Waals surface area contributed by atoms with E-state index in [2.05, 4.69) is 10.3 Å². The number of pyridine rings is 1. The van der Waals surface area contributed by atoms with Crippen molar-refractivity contribution in [3.63, 3.8) is 0 Å². The summed E-state index contributed by atoms with van der Waals surface area (Å²) < 4.78 is 0. The number of hydrogen-bond donors (Lipinski definition) is 1. The predicted molar refractivity (Wildman–Crippen MR) is 78.6 cm³/mol. The molecule has 3 nitrogen and oxygen atoms in total. The number of hydrogen-bond acceptors (Lipinski definition) is 2. The van der Waals surface area contributed by atoms with Gasteiger partial charge in [-0.25, -0.2) is 0 Å². The van der Waals surface area contributed by atoms with Gasteiger partial charge in [-0.05, 0) is 16.9 Å². The number of nitrogens with one attached hydrogen (secondary N) is 1. The SMILES string of the molecule is CC(C)(CCl)CNC(=O)c1nccc2ccccc12. The molecule has 0 unspecified atom stereocenters. The molecule has 100 valence electrons. The van der Waals surface area contributed by atoms with Gasteiger partial charge in [0.2, 0.25) is 0 Å². The molecule has 19 heavy (non-hydrogen) atoms. The molecule has 1 N–H and O–H groups in total. The van der Waals surface area contributed by atoms with Gasteiger partial charge in [0.1, 0.15) is 5.69 Å². The largest absolute Gasteiger partial charge is 0.350 e. The zero-order valence-electron chi connectivity index (χ0n) is 11.1. The minimum atomic E-state index is -0.157. The first-order valence-corrected chi connectivity index (χ1v) is 6.75. The van der Waals surface area contributed by atoms with Crippen molar-refractivity contribution in [1.29, 1.82) is 0 Å². The summed E-state index contributed by atoms with van der Waals surface area (Å²) in [7, 11) is 0. The summed E-state index contributed by atoms with van der Waals surface area (Å²) in [5.74, 6) is 0.339. The molecular formula is C15H17ClN2O. The summed E-state index contributed by atoms with van der Waals surface area (Å²) in [5.41, 5.74) is 0.338. The fraction of sp³-hybridized carbons (Fsp3) is 0.333. The van der Waals surface area contributed by atoms with Crippen LogP contribution < -0.4 is 5.32 Å². The number of carbonyl (C=O) groups excluding carboxylic acids is 1. The van der Waals surface area contributed by atoms with Gasteiger partial charge in [0.25, 0.3) is 5.91 Å². The molecule has 0 spiro atoms. The first kappa shape index (κ1) is 13.8. The van der Waals surface area contributed by atoms with E-state index in [0.717, 1.165) is 10.8 Å². The summed E-state index contributed by atoms with van der Waals surface area (Å²) in [6.45, 7) is 4.55. The number of aromatic nitrogens is 1. The summed E-state index contributed by atoms with van der Waals surface area (Å²) in [5, 5.41) is 4.78. The summed E-state index contributed by atoms with van der Waals surface area (Å²) >= 11 is 5.85. The fourth-order valence-corrected chi connectivity index (χ4v) is 1.85. The quantitative estimate of drug-likeness (QED) is 0.871. The lowest BCUT2D eigenvalue weighted by molar-refractivity contribution is 0.0936. The van der Waals surface area contributed by atoms with Crippen LogP contribution >= 0.6 is 11.6 Å². The Labute approximate surface area is 118 Å². The molecule has 0 fully saturated rings. The first-order chi connectivity index (χ1) is 9.03. The van der Waals surface area contributed by atoms with E-state index in [0.29, 0.717) is 18.1 Å². The normalized spacial score (nSPS) is 11.5. The highest BCUT2D eigenvalue weighted by Gasteiger charge is 2.19. The van der Waals surface area contributed by atoms with Crippen LogP contribution in [0.5, 0.6) is 0 Å². The molecule has 1 amide bonds. The third-order valence-electron chi connectivity index (χ3n) is 2.98. The second-order valence-corrected chi connectivity index (χ2v) is 5.63. The van der Waals surface area contributed by atoms with Crippen molar-refractivity contribution >= 4 is 28.3 Å². The standard InChI is InChI=1S/C15H17ClN2O/c1-15(2,9-16)10-18-14(19)13-12-6-4-3-5-11(12)7-8-17-13/h3-8H,9-10H2,1-2H3,(H,18,19). The lowest BCUT2D eigenvalue weighted by Gasteiger charge is -2.21. The maximum Gasteiger partial charge on any atom is 0.270 e. The summed E-state index contributed by atoms with van der Waals surface area (Å²) in [6.07, 6.45) is 1.66. The Bertz CT molecular complexity index is 590. The number of halogens is 1. The van der Waals surface area contributed by atoms with Crippen LogP contribution in [-0.4, -0.2) is 23.3 Å². The van der Waals surface area contributed by atoms with Crippen molar-refractivity contribution in [3.05, 3.63) is 42.2 Å². The number of rotatable bonds is 4. The fourth-order valence-electron chi connectivity index (χ4n) is 1.75. The average molecular weight is 277 g/mol. The highest BCUT2D eigenvalue weighted by Crippen LogP contribution is 2.18. The van der Waals surface area contributed by atoms with Gasteiger partial charge in [-0.1, -0.05) is 38.1 Å². The van der Waals surface area contributed by atoms with Crippen molar-refractivity contribution < 1.29 is 4.79 Å². The molecule has 0 aliphatic carbocycles. The van der Waals surface area contributed by atoms with E-state index in [1.807, 2.05) is 44.2 Å². The van der Waals surface area contributed by atoms with Crippen molar-refractivity contribution in [2.24, 2.45) is 5.41 Å². The van der Waals surface area contributed by atoms with Crippen molar-refractivity contribution in [3.8, 4) is 0 Å². The van der Waals surface area contributed by atoms with E-state index in [1.165, 1.54) is 0 Å². The van der Waals surface area contributed by atoms with E-state index in [4.69, 9.17) is 11.6 Å². The van der Waals surface area contributed by atoms with Crippen LogP contribution in [0.15, 0.2) is 36.5 Å². The van der Waals surface area contributed by atoms with E-state index >= 15 is 0 Å². The van der Waals surface area contributed by atoms with Crippen LogP contribution in [0.4, 0.5) is 0 Å². The number of benzene rings is 1. The minimum Gasteiger partial charge on any atom is -0.350 e. The van der Waals surface area contributed by atoms with Gasteiger partial charge < -0.3 is 5.32 Å². The highest BCUT2D eigenvalue weighted by molar-refractivity contribution is 6.18. The number of fused-ring (bicyclic) bond motifs is 1. The maximum absolute atomic E-state index is 12.2. The molecule has 0 atom stereocenters. The molecule has 1 aromatic heterocycles. The summed E-state index contributed by atoms with van der Waals surface area (Å²) in [6, 6.07) is 9.62. The molecule has 4 heteroatoms. The Morgan fingerprint density at radius 3 is 2.79 bits per heavy atom. The van der Waals surface area contributed by atoms with Crippen molar-refractivity contribution in [2.45, 2.75) is 13.8 Å². The highest BCUT2D eigenvalue weighted by atomic mass is 35.5. The molecule has 2 rings (SSSR count). The molecule has 1 aromatic carbocycles. The van der Waals surface area contributed by atoms with Crippen LogP contribution in [0.25, 0.3) is 10.8 Å². The molecule has 0 radical (unpaired) electrons. The molecule has 0 bridgehead atoms. The third-order valence-corrected chi connectivity index (χ3v) is 3.70. The van der Waals surface area contributed by atoms with Crippen LogP contribution in [0, 0.1) is 5.41 Å². The Kier molecular flexibility index (Phi) is 4.05. The van der Waals surface area contributed by atoms with Crippen molar-refractivity contribution in [1.82, 2.24) is 10.3 Å². The van der Waals surface area contributed by atoms with Crippen molar-refractivity contribution in [2.75, 3.05) is 12.4 Å². The molecule has 2 aromatic rings. The number of alkyl halides is 1. The molecule has 0 aliphatic heterocycles. The zero-order valence-corrected chi connectivity index (χ0v) is 11.9. The topological polar surface area (TPSA) is 42.0 Å². The second kappa shape index (κ2) is 5.57. The van der Waals surface area contributed by atoms with Gasteiger partial charge in [-0.3, -0.25) is 9.78 Å². The van der Waals surface area contributed by atoms with Gasteiger partial charge in [0, 0.05) is 24.0 Å². The van der Waals surface area contributed by atoms with Gasteiger partial charge in [0.05, 0.1) is 0 Å². The lowest BCUT2D eigenvalue weighted by atomic mass is 9.96. The van der Waals surface area contributed by atoms with Crippen LogP contribution in [-0.2, 0) is 0 Å². The Morgan fingerprint density at radius 2 is 2.05 bits per heavy atom. The van der Waals surface area contributed by atoms with E-state index in [-0.39, 0.29) is 11.3 Å². The monoisotopic (exact) mass is 276 g/mol. The number of carbonyl (C=O) groups is 1. The lowest BCUT2D eigenvalue weighted by Crippen LogP contribution is -2.35. The first-order valence-electron chi connectivity index (χ1n) is 6.21. The zero-order chi connectivity index (χ0) is 13.9. The Hall–Kier alpha value is -1.61. The smallest absolute Gasteiger partial charge is 0.270 e. The van der Waals surface area contributed by atoms with E-state index in [1.54, 1.807) is 6.20 Å². The Balaban J connectivity index is 2.23. The average Bonchev–Trinajstić information content (AvgIpc) is 2.44.